The van der Waals surface area contributed by atoms with E-state index in [1.807, 2.05) is 26.8 Å². The monoisotopic (exact) mass is 152 g/mol. The molecule has 0 saturated heterocycles. The summed E-state index contributed by atoms with van der Waals surface area (Å²) in [5.41, 5.74) is -0.0326. The number of nitrogens with zero attached hydrogens (tertiary/aromatic N) is 2. The van der Waals surface area contributed by atoms with Crippen molar-refractivity contribution in [1.82, 2.24) is 5.06 Å². The van der Waals surface area contributed by atoms with Crippen LogP contribution in [0.15, 0.2) is 11.8 Å². The standard InChI is InChI=1S/C8H12N2O/c1-8(2,3)10-5-4-7(6-9)11-10/h4H,5H2,1-3H3. The van der Waals surface area contributed by atoms with E-state index in [4.69, 9.17) is 10.1 Å². The van der Waals surface area contributed by atoms with Crippen LogP contribution in [-0.4, -0.2) is 17.1 Å². The molecule has 1 aliphatic rings. The number of allylic oxidation sites excluding steroid dienone is 1. The van der Waals surface area contributed by atoms with Crippen LogP contribution in [0.3, 0.4) is 0 Å². The summed E-state index contributed by atoms with van der Waals surface area (Å²) in [5, 5.41) is 10.3. The Bertz CT molecular complexity index is 219. The normalized spacial score (nSPS) is 18.9. The fourth-order valence-electron chi connectivity index (χ4n) is 0.836. The van der Waals surface area contributed by atoms with Gasteiger partial charge in [0.2, 0.25) is 5.76 Å². The van der Waals surface area contributed by atoms with Gasteiger partial charge in [-0.2, -0.15) is 5.26 Å². The molecular weight excluding hydrogens is 140 g/mol. The van der Waals surface area contributed by atoms with Gasteiger partial charge in [0.05, 0.1) is 6.54 Å². The average molecular weight is 152 g/mol. The van der Waals surface area contributed by atoms with E-state index in [1.165, 1.54) is 0 Å². The smallest absolute Gasteiger partial charge is 0.221 e. The molecule has 3 heteroatoms. The van der Waals surface area contributed by atoms with Crippen molar-refractivity contribution in [2.45, 2.75) is 26.3 Å². The first-order valence-electron chi connectivity index (χ1n) is 3.60. The van der Waals surface area contributed by atoms with Gasteiger partial charge in [-0.05, 0) is 26.8 Å². The van der Waals surface area contributed by atoms with E-state index in [1.54, 1.807) is 11.1 Å². The summed E-state index contributed by atoms with van der Waals surface area (Å²) in [6.07, 6.45) is 1.78. The highest BCUT2D eigenvalue weighted by Crippen LogP contribution is 2.20. The quantitative estimate of drug-likeness (QED) is 0.527. The Morgan fingerprint density at radius 3 is 2.55 bits per heavy atom. The number of hydroxylamine groups is 2. The Kier molecular flexibility index (Phi) is 1.88. The van der Waals surface area contributed by atoms with Crippen LogP contribution in [0.5, 0.6) is 0 Å². The molecule has 0 amide bonds. The first-order valence-corrected chi connectivity index (χ1v) is 3.60. The van der Waals surface area contributed by atoms with Gasteiger partial charge in [-0.3, -0.25) is 0 Å². The largest absolute Gasteiger partial charge is 0.394 e. The Morgan fingerprint density at radius 2 is 2.27 bits per heavy atom. The van der Waals surface area contributed by atoms with Crippen LogP contribution in [0, 0.1) is 11.3 Å². The summed E-state index contributed by atoms with van der Waals surface area (Å²) in [4.78, 5) is 5.21. The first kappa shape index (κ1) is 8.09. The third-order valence-electron chi connectivity index (χ3n) is 1.51. The van der Waals surface area contributed by atoms with Gasteiger partial charge < -0.3 is 4.84 Å². The van der Waals surface area contributed by atoms with Crippen molar-refractivity contribution in [2.75, 3.05) is 6.54 Å². The molecule has 0 aromatic heterocycles. The molecule has 0 atom stereocenters. The topological polar surface area (TPSA) is 36.3 Å². The van der Waals surface area contributed by atoms with Gasteiger partial charge >= 0.3 is 0 Å². The van der Waals surface area contributed by atoms with Crippen molar-refractivity contribution in [3.05, 3.63) is 11.8 Å². The van der Waals surface area contributed by atoms with E-state index in [9.17, 15) is 0 Å². The van der Waals surface area contributed by atoms with Crippen molar-refractivity contribution in [3.63, 3.8) is 0 Å². The SMILES string of the molecule is CC(C)(C)N1CC=C(C#N)O1. The molecule has 11 heavy (non-hydrogen) atoms. The molecule has 0 saturated carbocycles. The lowest BCUT2D eigenvalue weighted by atomic mass is 10.1. The number of nitriles is 1. The summed E-state index contributed by atoms with van der Waals surface area (Å²) in [5.74, 6) is 0.403. The van der Waals surface area contributed by atoms with Gasteiger partial charge in [-0.25, -0.2) is 0 Å². The molecule has 0 fully saturated rings. The predicted molar refractivity (Wildman–Crippen MR) is 41.2 cm³/mol. The molecule has 0 bridgehead atoms. The summed E-state index contributed by atoms with van der Waals surface area (Å²) in [6, 6.07) is 1.96. The van der Waals surface area contributed by atoms with Gasteiger partial charge in [0.25, 0.3) is 0 Å². The lowest BCUT2D eigenvalue weighted by molar-refractivity contribution is -0.147. The molecule has 0 radical (unpaired) electrons. The fraction of sp³-hybridized carbons (Fsp3) is 0.625. The zero-order valence-electron chi connectivity index (χ0n) is 7.09. The van der Waals surface area contributed by atoms with Crippen LogP contribution in [0.1, 0.15) is 20.8 Å². The highest BCUT2D eigenvalue weighted by molar-refractivity contribution is 5.16. The molecule has 0 aromatic carbocycles. The van der Waals surface area contributed by atoms with Gasteiger partial charge in [-0.1, -0.05) is 0 Å². The second kappa shape index (κ2) is 2.55. The molecule has 0 spiro atoms. The second-order valence-corrected chi connectivity index (χ2v) is 3.50. The van der Waals surface area contributed by atoms with E-state index in [2.05, 4.69) is 0 Å². The molecule has 1 rings (SSSR count). The molecular formula is C8H12N2O. The number of rotatable bonds is 0. The van der Waals surface area contributed by atoms with Gasteiger partial charge in [-0.15, -0.1) is 5.06 Å². The minimum absolute atomic E-state index is 0.0326. The Labute approximate surface area is 66.8 Å². The number of hydrogen-bond donors (Lipinski definition) is 0. The lowest BCUT2D eigenvalue weighted by Gasteiger charge is -2.29. The highest BCUT2D eigenvalue weighted by atomic mass is 16.7. The van der Waals surface area contributed by atoms with E-state index < -0.39 is 0 Å². The van der Waals surface area contributed by atoms with Crippen molar-refractivity contribution in [1.29, 1.82) is 5.26 Å². The van der Waals surface area contributed by atoms with Crippen LogP contribution in [0.2, 0.25) is 0 Å². The minimum atomic E-state index is -0.0326. The van der Waals surface area contributed by atoms with Crippen molar-refractivity contribution in [2.24, 2.45) is 0 Å². The lowest BCUT2D eigenvalue weighted by Crippen LogP contribution is -2.38. The molecule has 0 unspecified atom stereocenters. The van der Waals surface area contributed by atoms with E-state index in [0.29, 0.717) is 12.3 Å². The molecule has 0 N–H and O–H groups in total. The Balaban J connectivity index is 2.56. The van der Waals surface area contributed by atoms with Crippen molar-refractivity contribution >= 4 is 0 Å². The third kappa shape index (κ3) is 1.72. The van der Waals surface area contributed by atoms with Gasteiger partial charge in [0.1, 0.15) is 6.07 Å². The molecule has 60 valence electrons. The maximum absolute atomic E-state index is 8.48. The number of hydrogen-bond acceptors (Lipinski definition) is 3. The first-order chi connectivity index (χ1) is 5.04. The van der Waals surface area contributed by atoms with Gasteiger partial charge in [0, 0.05) is 5.54 Å². The van der Waals surface area contributed by atoms with E-state index >= 15 is 0 Å². The van der Waals surface area contributed by atoms with Crippen LogP contribution in [0.4, 0.5) is 0 Å². The van der Waals surface area contributed by atoms with Crippen molar-refractivity contribution < 1.29 is 4.84 Å². The maximum atomic E-state index is 8.48. The van der Waals surface area contributed by atoms with Gasteiger partial charge in [0.15, 0.2) is 0 Å². The zero-order valence-corrected chi connectivity index (χ0v) is 7.09. The fourth-order valence-corrected chi connectivity index (χ4v) is 0.836. The van der Waals surface area contributed by atoms with E-state index in [0.717, 1.165) is 0 Å². The average Bonchev–Trinajstić information content (AvgIpc) is 2.32. The Morgan fingerprint density at radius 1 is 1.64 bits per heavy atom. The van der Waals surface area contributed by atoms with Crippen LogP contribution < -0.4 is 0 Å². The summed E-state index contributed by atoms with van der Waals surface area (Å²) >= 11 is 0. The minimum Gasteiger partial charge on any atom is -0.394 e. The third-order valence-corrected chi connectivity index (χ3v) is 1.51. The highest BCUT2D eigenvalue weighted by Gasteiger charge is 2.27. The van der Waals surface area contributed by atoms with Crippen molar-refractivity contribution in [3.8, 4) is 6.07 Å². The second-order valence-electron chi connectivity index (χ2n) is 3.50. The molecule has 3 nitrogen and oxygen atoms in total. The summed E-state index contributed by atoms with van der Waals surface area (Å²) in [7, 11) is 0. The zero-order chi connectivity index (χ0) is 8.48. The summed E-state index contributed by atoms with van der Waals surface area (Å²) in [6.45, 7) is 6.83. The molecule has 0 aliphatic carbocycles. The van der Waals surface area contributed by atoms with Crippen LogP contribution in [-0.2, 0) is 4.84 Å². The van der Waals surface area contributed by atoms with Crippen LogP contribution in [0.25, 0.3) is 0 Å². The van der Waals surface area contributed by atoms with E-state index in [-0.39, 0.29) is 5.54 Å². The molecule has 0 aromatic rings. The summed E-state index contributed by atoms with van der Waals surface area (Å²) < 4.78 is 0. The van der Waals surface area contributed by atoms with Crippen LogP contribution >= 0.6 is 0 Å². The molecule has 1 heterocycles. The Hall–Kier alpha value is -1.01. The maximum Gasteiger partial charge on any atom is 0.221 e. The molecule has 1 aliphatic heterocycles. The predicted octanol–water partition coefficient (Wildman–Crippen LogP) is 1.44.